The van der Waals surface area contributed by atoms with Gasteiger partial charge in [-0.3, -0.25) is 0 Å². The van der Waals surface area contributed by atoms with Crippen LogP contribution >= 0.6 is 45.2 Å². The Bertz CT molecular complexity index is 238. The first-order valence-electron chi connectivity index (χ1n) is 6.85. The summed E-state index contributed by atoms with van der Waals surface area (Å²) >= 11 is 4.82. The van der Waals surface area contributed by atoms with Crippen LogP contribution in [-0.4, -0.2) is 46.5 Å². The predicted molar refractivity (Wildman–Crippen MR) is 89.0 cm³/mol. The molecule has 2 fully saturated rings. The second-order valence-electron chi connectivity index (χ2n) is 4.95. The normalized spacial score (nSPS) is 37.7. The Morgan fingerprint density at radius 1 is 0.944 bits per heavy atom. The van der Waals surface area contributed by atoms with Gasteiger partial charge in [-0.05, 0) is 32.1 Å². The van der Waals surface area contributed by atoms with Crippen molar-refractivity contribution in [2.75, 3.05) is 22.1 Å². The minimum atomic E-state index is 0.277. The Balaban J connectivity index is 1.88. The first kappa shape index (κ1) is 15.7. The van der Waals surface area contributed by atoms with E-state index in [0.29, 0.717) is 6.10 Å². The molecule has 0 unspecified atom stereocenters. The molecule has 2 rings (SSSR count). The van der Waals surface area contributed by atoms with Crippen LogP contribution < -0.4 is 0 Å². The van der Waals surface area contributed by atoms with Crippen molar-refractivity contribution < 1.29 is 14.2 Å². The average Bonchev–Trinajstić information content (AvgIpc) is 2.42. The minimum absolute atomic E-state index is 0.277. The first-order chi connectivity index (χ1) is 8.85. The van der Waals surface area contributed by atoms with E-state index in [1.807, 2.05) is 0 Å². The van der Waals surface area contributed by atoms with Crippen molar-refractivity contribution in [3.05, 3.63) is 0 Å². The fourth-order valence-electron chi connectivity index (χ4n) is 2.68. The van der Waals surface area contributed by atoms with E-state index in [2.05, 4.69) is 45.2 Å². The van der Waals surface area contributed by atoms with Gasteiger partial charge in [0.25, 0.3) is 0 Å². The molecule has 106 valence electrons. The lowest BCUT2D eigenvalue weighted by molar-refractivity contribution is -0.171. The second-order valence-corrected chi connectivity index (χ2v) is 6.91. The van der Waals surface area contributed by atoms with Gasteiger partial charge in [-0.25, -0.2) is 0 Å². The van der Waals surface area contributed by atoms with Crippen LogP contribution in [0.4, 0.5) is 0 Å². The molecule has 18 heavy (non-hydrogen) atoms. The van der Waals surface area contributed by atoms with Crippen LogP contribution in [0, 0.1) is 0 Å². The van der Waals surface area contributed by atoms with Gasteiger partial charge in [-0.1, -0.05) is 45.2 Å². The van der Waals surface area contributed by atoms with Crippen LogP contribution in [0.5, 0.6) is 0 Å². The van der Waals surface area contributed by atoms with E-state index in [1.165, 1.54) is 0 Å². The third kappa shape index (κ3) is 4.43. The van der Waals surface area contributed by atoms with Gasteiger partial charge in [0.15, 0.2) is 0 Å². The molecule has 0 aromatic heterocycles. The number of rotatable bonds is 5. The molecule has 0 radical (unpaired) electrons. The highest BCUT2D eigenvalue weighted by atomic mass is 127. The molecule has 4 atom stereocenters. The zero-order chi connectivity index (χ0) is 12.8. The summed E-state index contributed by atoms with van der Waals surface area (Å²) in [5.74, 6) is 0. The summed E-state index contributed by atoms with van der Waals surface area (Å²) in [6.07, 6.45) is 6.78. The number of halogens is 2. The van der Waals surface area contributed by atoms with E-state index in [9.17, 15) is 0 Å². The van der Waals surface area contributed by atoms with E-state index in [0.717, 1.165) is 54.2 Å². The molecule has 2 heterocycles. The minimum Gasteiger partial charge on any atom is -0.375 e. The van der Waals surface area contributed by atoms with Gasteiger partial charge < -0.3 is 14.2 Å². The summed E-state index contributed by atoms with van der Waals surface area (Å²) in [6, 6.07) is 0. The average molecular weight is 480 g/mol. The topological polar surface area (TPSA) is 27.7 Å². The Hall–Kier alpha value is 1.34. The molecule has 2 saturated heterocycles. The van der Waals surface area contributed by atoms with Crippen molar-refractivity contribution in [3.8, 4) is 0 Å². The molecule has 2 aliphatic rings. The Kier molecular flexibility index (Phi) is 7.50. The lowest BCUT2D eigenvalue weighted by atomic mass is 10.0. The zero-order valence-corrected chi connectivity index (χ0v) is 15.0. The summed E-state index contributed by atoms with van der Waals surface area (Å²) < 4.78 is 20.2. The van der Waals surface area contributed by atoms with Gasteiger partial charge in [0, 0.05) is 22.1 Å². The SMILES string of the molecule is ICC[C@@H]1OCCC[C@H]1O[C@H]1CCCO[C@@H]1CI. The standard InChI is InChI=1S/C13H22I2O3/c14-6-5-10-11(3-1-7-16-10)18-12-4-2-8-17-13(12)9-15/h10-13H,1-9H2/t10-,11+,12-,13+/m0/s1. The first-order valence-corrected chi connectivity index (χ1v) is 9.91. The highest BCUT2D eigenvalue weighted by Crippen LogP contribution is 2.27. The number of ether oxygens (including phenoxy) is 3. The quantitative estimate of drug-likeness (QED) is 0.447. The molecule has 0 amide bonds. The molecule has 0 aliphatic carbocycles. The third-order valence-corrected chi connectivity index (χ3v) is 5.15. The van der Waals surface area contributed by atoms with Crippen LogP contribution in [-0.2, 0) is 14.2 Å². The summed E-state index contributed by atoms with van der Waals surface area (Å²) in [5, 5.41) is 0. The van der Waals surface area contributed by atoms with Crippen molar-refractivity contribution >= 4 is 45.2 Å². The maximum absolute atomic E-state index is 6.34. The number of alkyl halides is 2. The van der Waals surface area contributed by atoms with Crippen LogP contribution in [0.15, 0.2) is 0 Å². The Morgan fingerprint density at radius 2 is 1.56 bits per heavy atom. The van der Waals surface area contributed by atoms with Gasteiger partial charge in [-0.2, -0.15) is 0 Å². The monoisotopic (exact) mass is 480 g/mol. The van der Waals surface area contributed by atoms with E-state index in [4.69, 9.17) is 14.2 Å². The molecule has 5 heteroatoms. The molecular weight excluding hydrogens is 458 g/mol. The van der Waals surface area contributed by atoms with Crippen LogP contribution in [0.3, 0.4) is 0 Å². The molecule has 2 aliphatic heterocycles. The molecule has 0 spiro atoms. The van der Waals surface area contributed by atoms with Crippen LogP contribution in [0.25, 0.3) is 0 Å². The van der Waals surface area contributed by atoms with Crippen LogP contribution in [0.2, 0.25) is 0 Å². The van der Waals surface area contributed by atoms with E-state index in [1.54, 1.807) is 0 Å². The molecule has 0 saturated carbocycles. The van der Waals surface area contributed by atoms with Gasteiger partial charge in [0.2, 0.25) is 0 Å². The lowest BCUT2D eigenvalue weighted by Gasteiger charge is -2.38. The summed E-state index contributed by atoms with van der Waals surface area (Å²) in [5.41, 5.74) is 0. The van der Waals surface area contributed by atoms with Crippen molar-refractivity contribution in [2.24, 2.45) is 0 Å². The molecule has 3 nitrogen and oxygen atoms in total. The number of hydrogen-bond acceptors (Lipinski definition) is 3. The van der Waals surface area contributed by atoms with E-state index < -0.39 is 0 Å². The van der Waals surface area contributed by atoms with Crippen LogP contribution in [0.1, 0.15) is 32.1 Å². The van der Waals surface area contributed by atoms with E-state index in [-0.39, 0.29) is 18.3 Å². The fraction of sp³-hybridized carbons (Fsp3) is 1.00. The highest BCUT2D eigenvalue weighted by molar-refractivity contribution is 14.1. The number of hydrogen-bond donors (Lipinski definition) is 0. The van der Waals surface area contributed by atoms with Gasteiger partial charge in [-0.15, -0.1) is 0 Å². The Labute approximate surface area is 137 Å². The second kappa shape index (κ2) is 8.59. The van der Waals surface area contributed by atoms with Crippen molar-refractivity contribution in [1.82, 2.24) is 0 Å². The smallest absolute Gasteiger partial charge is 0.0925 e. The Morgan fingerprint density at radius 3 is 2.17 bits per heavy atom. The van der Waals surface area contributed by atoms with E-state index >= 15 is 0 Å². The van der Waals surface area contributed by atoms with Gasteiger partial charge >= 0.3 is 0 Å². The van der Waals surface area contributed by atoms with Crippen molar-refractivity contribution in [2.45, 2.75) is 56.5 Å². The molecule has 0 bridgehead atoms. The lowest BCUT2D eigenvalue weighted by Crippen LogP contribution is -2.45. The summed E-state index contributed by atoms with van der Waals surface area (Å²) in [4.78, 5) is 0. The zero-order valence-electron chi connectivity index (χ0n) is 10.7. The summed E-state index contributed by atoms with van der Waals surface area (Å²) in [7, 11) is 0. The van der Waals surface area contributed by atoms with Crippen molar-refractivity contribution in [1.29, 1.82) is 0 Å². The maximum Gasteiger partial charge on any atom is 0.0925 e. The highest BCUT2D eigenvalue weighted by Gasteiger charge is 2.33. The largest absolute Gasteiger partial charge is 0.375 e. The molecule has 0 aromatic rings. The van der Waals surface area contributed by atoms with Gasteiger partial charge in [0.05, 0.1) is 24.4 Å². The van der Waals surface area contributed by atoms with Crippen molar-refractivity contribution in [3.63, 3.8) is 0 Å². The predicted octanol–water partition coefficient (Wildman–Crippen LogP) is 3.36. The summed E-state index contributed by atoms with van der Waals surface area (Å²) in [6.45, 7) is 1.80. The maximum atomic E-state index is 6.34. The van der Waals surface area contributed by atoms with Gasteiger partial charge in [0.1, 0.15) is 0 Å². The fourth-order valence-corrected chi connectivity index (χ4v) is 4.12. The molecule has 0 N–H and O–H groups in total. The molecular formula is C13H22I2O3. The molecule has 0 aromatic carbocycles. The third-order valence-electron chi connectivity index (χ3n) is 3.65.